The predicted molar refractivity (Wildman–Crippen MR) is 78.3 cm³/mol. The van der Waals surface area contributed by atoms with E-state index in [1.807, 2.05) is 31.2 Å². The van der Waals surface area contributed by atoms with Crippen molar-refractivity contribution in [1.82, 2.24) is 0 Å². The summed E-state index contributed by atoms with van der Waals surface area (Å²) in [6.07, 6.45) is 0. The molecule has 2 nitrogen and oxygen atoms in total. The Balaban J connectivity index is 1.94. The van der Waals surface area contributed by atoms with Gasteiger partial charge >= 0.3 is 0 Å². The maximum atomic E-state index is 12.1. The molecule has 0 unspecified atom stereocenters. The van der Waals surface area contributed by atoms with Crippen LogP contribution in [0.5, 0.6) is 0 Å². The van der Waals surface area contributed by atoms with Crippen LogP contribution in [0.15, 0.2) is 58.3 Å². The third kappa shape index (κ3) is 2.42. The molecular weight excluding hydrogens is 276 g/mol. The van der Waals surface area contributed by atoms with E-state index in [9.17, 15) is 8.42 Å². The highest BCUT2D eigenvalue weighted by Gasteiger charge is 2.34. The second-order valence-corrected chi connectivity index (χ2v) is 8.02. The molecule has 0 spiro atoms. The molecule has 0 bridgehead atoms. The van der Waals surface area contributed by atoms with E-state index >= 15 is 0 Å². The van der Waals surface area contributed by atoms with Crippen LogP contribution < -0.4 is 0 Å². The first kappa shape index (κ1) is 12.8. The minimum Gasteiger partial charge on any atom is -0.224 e. The number of thioether (sulfide) groups is 1. The van der Waals surface area contributed by atoms with Crippen molar-refractivity contribution < 1.29 is 8.42 Å². The predicted octanol–water partition coefficient (Wildman–Crippen LogP) is 3.62. The van der Waals surface area contributed by atoms with Crippen molar-refractivity contribution in [2.75, 3.05) is 5.75 Å². The summed E-state index contributed by atoms with van der Waals surface area (Å²) < 4.78 is 24.2. The third-order valence-corrected chi connectivity index (χ3v) is 6.55. The monoisotopic (exact) mass is 290 g/mol. The van der Waals surface area contributed by atoms with Crippen LogP contribution in [-0.4, -0.2) is 14.2 Å². The molecule has 0 aliphatic carbocycles. The van der Waals surface area contributed by atoms with Crippen molar-refractivity contribution in [3.05, 3.63) is 59.7 Å². The third-order valence-electron chi connectivity index (χ3n) is 3.27. The van der Waals surface area contributed by atoms with Gasteiger partial charge < -0.3 is 0 Å². The average Bonchev–Trinajstić information content (AvgIpc) is 2.65. The molecule has 19 heavy (non-hydrogen) atoms. The van der Waals surface area contributed by atoms with Crippen molar-refractivity contribution >= 4 is 21.6 Å². The van der Waals surface area contributed by atoms with Gasteiger partial charge in [-0.15, -0.1) is 11.8 Å². The summed E-state index contributed by atoms with van der Waals surface area (Å²) in [5.74, 6) is 0.199. The Bertz CT molecular complexity index is 703. The lowest BCUT2D eigenvalue weighted by molar-refractivity contribution is 0.600. The average molecular weight is 290 g/mol. The zero-order valence-corrected chi connectivity index (χ0v) is 12.2. The van der Waals surface area contributed by atoms with Crippen LogP contribution >= 0.6 is 11.8 Å². The number of aryl methyl sites for hydroxylation is 1. The van der Waals surface area contributed by atoms with Crippen molar-refractivity contribution in [2.24, 2.45) is 0 Å². The van der Waals surface area contributed by atoms with E-state index in [4.69, 9.17) is 0 Å². The first-order valence-corrected chi connectivity index (χ1v) is 8.64. The Hall–Kier alpha value is -1.26. The first-order chi connectivity index (χ1) is 9.06. The Kier molecular flexibility index (Phi) is 3.15. The molecule has 3 rings (SSSR count). The van der Waals surface area contributed by atoms with E-state index in [0.717, 1.165) is 10.5 Å². The fraction of sp³-hybridized carbons (Fsp3) is 0.200. The van der Waals surface area contributed by atoms with E-state index in [1.165, 1.54) is 5.56 Å². The molecule has 1 aliphatic rings. The SMILES string of the molecule is Cc1ccc(S[C@@H]2CS(=O)(=O)c3ccccc32)cc1. The standard InChI is InChI=1S/C15H14O2S2/c1-11-6-8-12(9-7-11)18-14-10-19(16,17)15-5-3-2-4-13(14)15/h2-9,14H,10H2,1H3/t14-/m1/s1. The molecule has 2 aromatic carbocycles. The molecule has 98 valence electrons. The highest BCUT2D eigenvalue weighted by atomic mass is 32.2. The van der Waals surface area contributed by atoms with Gasteiger partial charge in [0.25, 0.3) is 0 Å². The van der Waals surface area contributed by atoms with Gasteiger partial charge in [0.15, 0.2) is 9.84 Å². The second kappa shape index (κ2) is 4.69. The molecule has 0 N–H and O–H groups in total. The molecule has 2 aromatic rings. The molecule has 4 heteroatoms. The Morgan fingerprint density at radius 1 is 1.05 bits per heavy atom. The second-order valence-electron chi connectivity index (χ2n) is 4.74. The fourth-order valence-corrected chi connectivity index (χ4v) is 5.74. The van der Waals surface area contributed by atoms with Gasteiger partial charge in [0.05, 0.1) is 15.9 Å². The van der Waals surface area contributed by atoms with Gasteiger partial charge in [0, 0.05) is 4.90 Å². The maximum Gasteiger partial charge on any atom is 0.180 e. The number of sulfone groups is 1. The summed E-state index contributed by atoms with van der Waals surface area (Å²) >= 11 is 1.63. The van der Waals surface area contributed by atoms with E-state index in [1.54, 1.807) is 23.9 Å². The van der Waals surface area contributed by atoms with Gasteiger partial charge in [-0.05, 0) is 30.7 Å². The minimum absolute atomic E-state index is 0.00362. The van der Waals surface area contributed by atoms with Crippen molar-refractivity contribution in [2.45, 2.75) is 22.0 Å². The zero-order chi connectivity index (χ0) is 13.5. The first-order valence-electron chi connectivity index (χ1n) is 6.11. The lowest BCUT2D eigenvalue weighted by Crippen LogP contribution is -2.00. The highest BCUT2D eigenvalue weighted by molar-refractivity contribution is 8.01. The van der Waals surface area contributed by atoms with Crippen molar-refractivity contribution in [3.8, 4) is 0 Å². The number of hydrogen-bond acceptors (Lipinski definition) is 3. The fourth-order valence-electron chi connectivity index (χ4n) is 2.29. The molecule has 0 radical (unpaired) electrons. The summed E-state index contributed by atoms with van der Waals surface area (Å²) in [5, 5.41) is 0.00362. The zero-order valence-electron chi connectivity index (χ0n) is 10.5. The van der Waals surface area contributed by atoms with Crippen LogP contribution in [0.2, 0.25) is 0 Å². The van der Waals surface area contributed by atoms with E-state index in [0.29, 0.717) is 4.90 Å². The topological polar surface area (TPSA) is 34.1 Å². The Morgan fingerprint density at radius 2 is 1.74 bits per heavy atom. The number of fused-ring (bicyclic) bond motifs is 1. The van der Waals surface area contributed by atoms with Gasteiger partial charge in [0.2, 0.25) is 0 Å². The largest absolute Gasteiger partial charge is 0.224 e. The van der Waals surface area contributed by atoms with E-state index in [-0.39, 0.29) is 11.0 Å². The molecule has 0 fully saturated rings. The molecule has 1 heterocycles. The van der Waals surface area contributed by atoms with Gasteiger partial charge in [-0.3, -0.25) is 0 Å². The number of rotatable bonds is 2. The smallest absolute Gasteiger partial charge is 0.180 e. The van der Waals surface area contributed by atoms with Gasteiger partial charge in [-0.1, -0.05) is 35.9 Å². The lowest BCUT2D eigenvalue weighted by atomic mass is 10.2. The van der Waals surface area contributed by atoms with Crippen molar-refractivity contribution in [1.29, 1.82) is 0 Å². The van der Waals surface area contributed by atoms with Gasteiger partial charge in [0.1, 0.15) is 0 Å². The molecule has 1 aliphatic heterocycles. The molecule has 0 amide bonds. The Labute approximate surface area is 117 Å². The normalized spacial score (nSPS) is 20.2. The van der Waals surface area contributed by atoms with Crippen LogP contribution in [0.25, 0.3) is 0 Å². The summed E-state index contributed by atoms with van der Waals surface area (Å²) in [7, 11) is -3.10. The van der Waals surface area contributed by atoms with Crippen LogP contribution in [0.4, 0.5) is 0 Å². The molecule has 0 saturated heterocycles. The molecule has 0 saturated carbocycles. The summed E-state index contributed by atoms with van der Waals surface area (Å²) in [6, 6.07) is 15.5. The minimum atomic E-state index is -3.10. The summed E-state index contributed by atoms with van der Waals surface area (Å²) in [4.78, 5) is 1.61. The van der Waals surface area contributed by atoms with E-state index < -0.39 is 9.84 Å². The van der Waals surface area contributed by atoms with Crippen LogP contribution in [0.1, 0.15) is 16.4 Å². The summed E-state index contributed by atoms with van der Waals surface area (Å²) in [6.45, 7) is 2.05. The molecule has 1 atom stereocenters. The van der Waals surface area contributed by atoms with Gasteiger partial charge in [-0.2, -0.15) is 0 Å². The van der Waals surface area contributed by atoms with E-state index in [2.05, 4.69) is 12.1 Å². The summed E-state index contributed by atoms with van der Waals surface area (Å²) in [5.41, 5.74) is 2.15. The highest BCUT2D eigenvalue weighted by Crippen LogP contribution is 2.44. The maximum absolute atomic E-state index is 12.1. The van der Waals surface area contributed by atoms with Crippen LogP contribution in [0, 0.1) is 6.92 Å². The van der Waals surface area contributed by atoms with Crippen molar-refractivity contribution in [3.63, 3.8) is 0 Å². The number of hydrogen-bond donors (Lipinski definition) is 0. The van der Waals surface area contributed by atoms with Gasteiger partial charge in [-0.25, -0.2) is 8.42 Å². The quantitative estimate of drug-likeness (QED) is 0.847. The van der Waals surface area contributed by atoms with Crippen LogP contribution in [0.3, 0.4) is 0 Å². The molecule has 0 aromatic heterocycles. The lowest BCUT2D eigenvalue weighted by Gasteiger charge is -2.09. The van der Waals surface area contributed by atoms with Crippen LogP contribution in [-0.2, 0) is 9.84 Å². The Morgan fingerprint density at radius 3 is 2.47 bits per heavy atom. The number of benzene rings is 2. The molecular formula is C15H14O2S2.